The molecule has 6 nitrogen and oxygen atoms in total. The van der Waals surface area contributed by atoms with Crippen LogP contribution in [0.25, 0.3) is 6.08 Å². The van der Waals surface area contributed by atoms with Crippen LogP contribution in [0, 0.1) is 10.5 Å². The number of amides is 2. The fourth-order valence-electron chi connectivity index (χ4n) is 3.62. The minimum absolute atomic E-state index is 0.0826. The first kappa shape index (κ1) is 27.4. The summed E-state index contributed by atoms with van der Waals surface area (Å²) in [6.45, 7) is 4.67. The molecule has 0 bridgehead atoms. The summed E-state index contributed by atoms with van der Waals surface area (Å²) in [5, 5.41) is 2.88. The van der Waals surface area contributed by atoms with Crippen molar-refractivity contribution in [3.05, 3.63) is 90.5 Å². The summed E-state index contributed by atoms with van der Waals surface area (Å²) >= 11 is 19.9. The maximum absolute atomic E-state index is 13.4. The number of halogens is 3. The van der Waals surface area contributed by atoms with Gasteiger partial charge in [-0.25, -0.2) is 0 Å². The number of ether oxygens (including phenoxy) is 2. The number of hydrogen-bond donors (Lipinski definition) is 1. The van der Waals surface area contributed by atoms with Gasteiger partial charge in [0.2, 0.25) is 0 Å². The molecule has 10 heteroatoms. The number of thiocarbonyl (C=S) groups is 1. The van der Waals surface area contributed by atoms with Crippen LogP contribution in [0.3, 0.4) is 0 Å². The van der Waals surface area contributed by atoms with E-state index in [4.69, 9.17) is 44.9 Å². The number of hydrogen-bond acceptors (Lipinski definition) is 5. The van der Waals surface area contributed by atoms with Gasteiger partial charge in [-0.1, -0.05) is 59.1 Å². The second kappa shape index (κ2) is 11.8. The number of carbonyl (C=O) groups is 2. The first-order chi connectivity index (χ1) is 17.7. The molecule has 1 saturated heterocycles. The normalized spacial score (nSPS) is 14.7. The summed E-state index contributed by atoms with van der Waals surface area (Å²) in [6, 6.07) is 16.5. The third-order valence-electron chi connectivity index (χ3n) is 5.42. The Morgan fingerprint density at radius 2 is 1.81 bits per heavy atom. The number of anilines is 1. The monoisotopic (exact) mass is 666 g/mol. The Morgan fingerprint density at radius 3 is 2.51 bits per heavy atom. The average Bonchev–Trinajstić information content (AvgIpc) is 2.85. The summed E-state index contributed by atoms with van der Waals surface area (Å²) in [5.74, 6) is -0.150. The highest BCUT2D eigenvalue weighted by Crippen LogP contribution is 2.37. The van der Waals surface area contributed by atoms with E-state index in [-0.39, 0.29) is 26.4 Å². The Labute approximate surface area is 243 Å². The molecule has 1 heterocycles. The first-order valence-electron chi connectivity index (χ1n) is 11.2. The molecular weight excluding hydrogens is 646 g/mol. The molecule has 0 aliphatic carbocycles. The summed E-state index contributed by atoms with van der Waals surface area (Å²) < 4.78 is 12.7. The van der Waals surface area contributed by atoms with Gasteiger partial charge in [-0.15, -0.1) is 0 Å². The third kappa shape index (κ3) is 6.09. The second-order valence-electron chi connectivity index (χ2n) is 8.07. The molecule has 1 aliphatic rings. The van der Waals surface area contributed by atoms with Crippen LogP contribution < -0.4 is 19.7 Å². The van der Waals surface area contributed by atoms with E-state index in [1.165, 1.54) is 11.6 Å². The van der Waals surface area contributed by atoms with Crippen LogP contribution in [0.5, 0.6) is 11.5 Å². The van der Waals surface area contributed by atoms with Crippen molar-refractivity contribution in [2.45, 2.75) is 20.5 Å². The lowest BCUT2D eigenvalue weighted by Gasteiger charge is -2.29. The molecule has 0 atom stereocenters. The number of aryl methyl sites for hydroxylation is 1. The van der Waals surface area contributed by atoms with Crippen molar-refractivity contribution >= 4 is 86.7 Å². The predicted molar refractivity (Wildman–Crippen MR) is 159 cm³/mol. The van der Waals surface area contributed by atoms with Crippen molar-refractivity contribution in [3.63, 3.8) is 0 Å². The SMILES string of the molecule is CCOc1cc(/C=C2\C(=O)NC(=S)N(c3cccc(Cl)c3Cl)C2=O)cc(I)c1OCc1ccc(C)cc1. The molecule has 0 saturated carbocycles. The van der Waals surface area contributed by atoms with E-state index in [1.54, 1.807) is 24.3 Å². The van der Waals surface area contributed by atoms with Crippen molar-refractivity contribution in [3.8, 4) is 11.5 Å². The van der Waals surface area contributed by atoms with Gasteiger partial charge < -0.3 is 9.47 Å². The number of nitrogens with one attached hydrogen (secondary N) is 1. The van der Waals surface area contributed by atoms with E-state index in [9.17, 15) is 9.59 Å². The van der Waals surface area contributed by atoms with Crippen LogP contribution in [0.1, 0.15) is 23.6 Å². The fraction of sp³-hybridized carbons (Fsp3) is 0.148. The zero-order valence-corrected chi connectivity index (χ0v) is 24.3. The highest BCUT2D eigenvalue weighted by Gasteiger charge is 2.35. The van der Waals surface area contributed by atoms with Gasteiger partial charge in [-0.05, 0) is 90.1 Å². The Hall–Kier alpha value is -2.66. The van der Waals surface area contributed by atoms with E-state index >= 15 is 0 Å². The fourth-order valence-corrected chi connectivity index (χ4v) is 5.06. The topological polar surface area (TPSA) is 67.9 Å². The Balaban J connectivity index is 1.67. The highest BCUT2D eigenvalue weighted by atomic mass is 127. The van der Waals surface area contributed by atoms with E-state index in [0.717, 1.165) is 14.0 Å². The molecule has 0 aromatic heterocycles. The maximum Gasteiger partial charge on any atom is 0.270 e. The smallest absolute Gasteiger partial charge is 0.270 e. The van der Waals surface area contributed by atoms with Crippen LogP contribution in [0.4, 0.5) is 5.69 Å². The maximum atomic E-state index is 13.4. The van der Waals surface area contributed by atoms with E-state index in [1.807, 2.05) is 44.2 Å². The van der Waals surface area contributed by atoms with Crippen LogP contribution in [-0.2, 0) is 16.2 Å². The average molecular weight is 667 g/mol. The largest absolute Gasteiger partial charge is 0.490 e. The molecule has 0 spiro atoms. The molecule has 0 unspecified atom stereocenters. The van der Waals surface area contributed by atoms with Gasteiger partial charge in [0.05, 0.1) is 25.9 Å². The summed E-state index contributed by atoms with van der Waals surface area (Å²) in [7, 11) is 0. The lowest BCUT2D eigenvalue weighted by atomic mass is 10.1. The molecule has 1 fully saturated rings. The summed E-state index contributed by atoms with van der Waals surface area (Å²) in [5.41, 5.74) is 2.94. The number of nitrogens with zero attached hydrogens (tertiary/aromatic N) is 1. The Kier molecular flexibility index (Phi) is 8.74. The van der Waals surface area contributed by atoms with Gasteiger partial charge in [-0.3, -0.25) is 19.8 Å². The molecule has 4 rings (SSSR count). The van der Waals surface area contributed by atoms with Gasteiger partial charge >= 0.3 is 0 Å². The standard InChI is InChI=1S/C27H21Cl2IN2O4S/c1-3-35-22-13-17(12-20(30)24(22)36-14-16-9-7-15(2)8-10-16)11-18-25(33)31-27(37)32(26(18)34)21-6-4-5-19(28)23(21)29/h4-13H,3,14H2,1-2H3,(H,31,33,37)/b18-11+. The van der Waals surface area contributed by atoms with Crippen LogP contribution in [0.2, 0.25) is 10.0 Å². The van der Waals surface area contributed by atoms with Crippen LogP contribution in [0.15, 0.2) is 60.2 Å². The number of carbonyl (C=O) groups excluding carboxylic acids is 2. The molecule has 0 radical (unpaired) electrons. The molecule has 2 amide bonds. The molecule has 1 aliphatic heterocycles. The molecule has 37 heavy (non-hydrogen) atoms. The minimum atomic E-state index is -0.620. The lowest BCUT2D eigenvalue weighted by Crippen LogP contribution is -2.54. The van der Waals surface area contributed by atoms with Crippen molar-refractivity contribution in [2.24, 2.45) is 0 Å². The van der Waals surface area contributed by atoms with E-state index < -0.39 is 11.8 Å². The van der Waals surface area contributed by atoms with Crippen LogP contribution in [-0.4, -0.2) is 23.5 Å². The summed E-state index contributed by atoms with van der Waals surface area (Å²) in [6.07, 6.45) is 1.49. The van der Waals surface area contributed by atoms with Crippen molar-refractivity contribution in [2.75, 3.05) is 11.5 Å². The van der Waals surface area contributed by atoms with Gasteiger partial charge in [0.15, 0.2) is 16.6 Å². The zero-order chi connectivity index (χ0) is 26.7. The Bertz CT molecular complexity index is 1430. The molecule has 3 aromatic carbocycles. The summed E-state index contributed by atoms with van der Waals surface area (Å²) in [4.78, 5) is 27.3. The quantitative estimate of drug-likeness (QED) is 0.131. The lowest BCUT2D eigenvalue weighted by molar-refractivity contribution is -0.122. The number of rotatable bonds is 7. The van der Waals surface area contributed by atoms with E-state index in [2.05, 4.69) is 27.9 Å². The molecular formula is C27H21Cl2IN2O4S. The Morgan fingerprint density at radius 1 is 1.08 bits per heavy atom. The van der Waals surface area contributed by atoms with Crippen LogP contribution >= 0.6 is 58.0 Å². The van der Waals surface area contributed by atoms with Gasteiger partial charge in [-0.2, -0.15) is 0 Å². The van der Waals surface area contributed by atoms with Crippen molar-refractivity contribution < 1.29 is 19.1 Å². The first-order valence-corrected chi connectivity index (χ1v) is 13.4. The molecule has 1 N–H and O–H groups in total. The highest BCUT2D eigenvalue weighted by molar-refractivity contribution is 14.1. The molecule has 3 aromatic rings. The van der Waals surface area contributed by atoms with Gasteiger partial charge in [0, 0.05) is 0 Å². The van der Waals surface area contributed by atoms with Gasteiger partial charge in [0.25, 0.3) is 11.8 Å². The van der Waals surface area contributed by atoms with E-state index in [0.29, 0.717) is 30.3 Å². The zero-order valence-electron chi connectivity index (χ0n) is 19.8. The predicted octanol–water partition coefficient (Wildman–Crippen LogP) is 6.72. The van der Waals surface area contributed by atoms with Gasteiger partial charge in [0.1, 0.15) is 12.2 Å². The second-order valence-corrected chi connectivity index (χ2v) is 10.4. The van der Waals surface area contributed by atoms with Crippen molar-refractivity contribution in [1.29, 1.82) is 0 Å². The third-order valence-corrected chi connectivity index (χ3v) is 7.32. The van der Waals surface area contributed by atoms with Crippen molar-refractivity contribution in [1.82, 2.24) is 5.32 Å². The minimum Gasteiger partial charge on any atom is -0.490 e. The molecule has 190 valence electrons. The number of benzene rings is 3.